The van der Waals surface area contributed by atoms with Crippen LogP contribution < -0.4 is 14.3 Å². The Bertz CT molecular complexity index is 1350. The summed E-state index contributed by atoms with van der Waals surface area (Å²) in [6.07, 6.45) is 4.58. The van der Waals surface area contributed by atoms with Crippen LogP contribution in [0, 0.1) is 20.8 Å². The fraction of sp³-hybridized carbons (Fsp3) is 0.483. The number of rotatable bonds is 7. The summed E-state index contributed by atoms with van der Waals surface area (Å²) < 4.78 is 12.9. The van der Waals surface area contributed by atoms with E-state index in [9.17, 15) is 15.0 Å². The maximum absolute atomic E-state index is 11.4. The summed E-state index contributed by atoms with van der Waals surface area (Å²) in [5.74, 6) is 2.12. The smallest absolute Gasteiger partial charge is 0.307 e. The Morgan fingerprint density at radius 1 is 1.16 bits per heavy atom. The van der Waals surface area contributed by atoms with Gasteiger partial charge < -0.3 is 19.7 Å². The average molecular weight is 525 g/mol. The van der Waals surface area contributed by atoms with Gasteiger partial charge in [-0.3, -0.25) is 14.7 Å². The zero-order valence-corrected chi connectivity index (χ0v) is 22.8. The standard InChI is InChI=1S/C29H36N2O5S/c1-17-18(2)26-23(19(3)25(17)32)11-12-29(4,36-26)16-31-13-5-6-21(31)15-35-22-9-7-20(8-10-22)14-24-27(33)30-28(34)37-24/h7-10,21,32-33H,5-6,11-16H2,1-4H3,(H,30,34)/t21-,29?/m1/s1. The molecule has 2 aliphatic rings. The van der Waals surface area contributed by atoms with Crippen molar-refractivity contribution < 1.29 is 19.7 Å². The molecule has 37 heavy (non-hydrogen) atoms. The molecule has 0 radical (unpaired) electrons. The predicted molar refractivity (Wildman–Crippen MR) is 146 cm³/mol. The van der Waals surface area contributed by atoms with Crippen molar-refractivity contribution in [2.75, 3.05) is 19.7 Å². The molecule has 1 aromatic heterocycles. The molecule has 3 N–H and O–H groups in total. The van der Waals surface area contributed by atoms with Gasteiger partial charge in [0.25, 0.3) is 0 Å². The van der Waals surface area contributed by atoms with Gasteiger partial charge in [0.2, 0.25) is 5.88 Å². The summed E-state index contributed by atoms with van der Waals surface area (Å²) in [7, 11) is 0. The lowest BCUT2D eigenvalue weighted by Gasteiger charge is -2.41. The molecule has 0 amide bonds. The van der Waals surface area contributed by atoms with Crippen LogP contribution in [0.2, 0.25) is 0 Å². The topological polar surface area (TPSA) is 95.0 Å². The van der Waals surface area contributed by atoms with Crippen molar-refractivity contribution in [2.24, 2.45) is 0 Å². The minimum absolute atomic E-state index is 0.0469. The first-order chi connectivity index (χ1) is 17.6. The van der Waals surface area contributed by atoms with Crippen molar-refractivity contribution in [2.45, 2.75) is 71.4 Å². The zero-order chi connectivity index (χ0) is 26.3. The maximum atomic E-state index is 11.4. The van der Waals surface area contributed by atoms with Gasteiger partial charge in [0.1, 0.15) is 29.5 Å². The summed E-state index contributed by atoms with van der Waals surface area (Å²) in [6.45, 7) is 10.7. The van der Waals surface area contributed by atoms with Gasteiger partial charge in [-0.05, 0) is 94.3 Å². The predicted octanol–water partition coefficient (Wildman–Crippen LogP) is 4.99. The van der Waals surface area contributed by atoms with Crippen LogP contribution in [0.3, 0.4) is 0 Å². The second kappa shape index (κ2) is 10.1. The first-order valence-corrected chi connectivity index (χ1v) is 13.8. The third-order valence-electron chi connectivity index (χ3n) is 8.06. The number of phenolic OH excluding ortho intramolecular Hbond substituents is 1. The lowest BCUT2D eigenvalue weighted by atomic mass is 9.87. The molecule has 0 bridgehead atoms. The van der Waals surface area contributed by atoms with E-state index in [4.69, 9.17) is 9.47 Å². The first kappa shape index (κ1) is 25.7. The van der Waals surface area contributed by atoms with Crippen LogP contribution in [0.15, 0.2) is 29.1 Å². The average Bonchev–Trinajstić information content (AvgIpc) is 3.44. The largest absolute Gasteiger partial charge is 0.507 e. The highest BCUT2D eigenvalue weighted by Crippen LogP contribution is 2.43. The number of aromatic nitrogens is 1. The molecular formula is C29H36N2O5S. The molecule has 1 unspecified atom stereocenters. The fourth-order valence-corrected chi connectivity index (χ4v) is 6.44. The van der Waals surface area contributed by atoms with E-state index < -0.39 is 0 Å². The quantitative estimate of drug-likeness (QED) is 0.403. The van der Waals surface area contributed by atoms with Crippen LogP contribution in [-0.4, -0.2) is 51.4 Å². The number of hydrogen-bond acceptors (Lipinski definition) is 7. The number of phenols is 1. The summed E-state index contributed by atoms with van der Waals surface area (Å²) in [4.78, 5) is 16.7. The van der Waals surface area contributed by atoms with E-state index in [1.54, 1.807) is 0 Å². The Labute approximate surface area is 221 Å². The van der Waals surface area contributed by atoms with Gasteiger partial charge in [-0.25, -0.2) is 0 Å². The molecule has 3 heterocycles. The van der Waals surface area contributed by atoms with Crippen LogP contribution in [-0.2, 0) is 12.8 Å². The monoisotopic (exact) mass is 524 g/mol. The first-order valence-electron chi connectivity index (χ1n) is 13.0. The Hall–Kier alpha value is -2.97. The molecule has 2 atom stereocenters. The number of thiazole rings is 1. The molecule has 7 nitrogen and oxygen atoms in total. The van der Waals surface area contributed by atoms with Crippen molar-refractivity contribution in [1.29, 1.82) is 0 Å². The van der Waals surface area contributed by atoms with Crippen LogP contribution in [0.1, 0.15) is 58.9 Å². The van der Waals surface area contributed by atoms with E-state index in [0.717, 1.165) is 89.4 Å². The fourth-order valence-electron chi connectivity index (χ4n) is 5.68. The lowest BCUT2D eigenvalue weighted by Crippen LogP contribution is -2.50. The number of benzene rings is 2. The minimum Gasteiger partial charge on any atom is -0.507 e. The van der Waals surface area contributed by atoms with E-state index in [0.29, 0.717) is 29.7 Å². The van der Waals surface area contributed by atoms with Gasteiger partial charge in [0.05, 0.1) is 4.88 Å². The number of aromatic hydroxyl groups is 2. The molecule has 5 rings (SSSR count). The Morgan fingerprint density at radius 2 is 1.92 bits per heavy atom. The van der Waals surface area contributed by atoms with E-state index >= 15 is 0 Å². The number of ether oxygens (including phenoxy) is 2. The van der Waals surface area contributed by atoms with Crippen LogP contribution in [0.25, 0.3) is 0 Å². The molecule has 1 saturated heterocycles. The zero-order valence-electron chi connectivity index (χ0n) is 22.0. The molecule has 3 aromatic rings. The van der Waals surface area contributed by atoms with E-state index in [1.807, 2.05) is 45.0 Å². The molecule has 0 spiro atoms. The summed E-state index contributed by atoms with van der Waals surface area (Å²) in [6, 6.07) is 8.19. The number of aromatic amines is 1. The number of H-pyrrole nitrogens is 1. The van der Waals surface area contributed by atoms with Crippen molar-refractivity contribution in [1.82, 2.24) is 9.88 Å². The van der Waals surface area contributed by atoms with Crippen LogP contribution in [0.5, 0.6) is 23.1 Å². The third kappa shape index (κ3) is 5.22. The molecule has 2 aromatic carbocycles. The summed E-state index contributed by atoms with van der Waals surface area (Å²) in [5.41, 5.74) is 4.75. The van der Waals surface area contributed by atoms with Crippen molar-refractivity contribution >= 4 is 11.3 Å². The van der Waals surface area contributed by atoms with Gasteiger partial charge in [0.15, 0.2) is 0 Å². The highest BCUT2D eigenvalue weighted by molar-refractivity contribution is 7.09. The molecular weight excluding hydrogens is 488 g/mol. The second-order valence-electron chi connectivity index (χ2n) is 10.8. The Morgan fingerprint density at radius 3 is 2.62 bits per heavy atom. The van der Waals surface area contributed by atoms with Gasteiger partial charge in [-0.1, -0.05) is 23.5 Å². The van der Waals surface area contributed by atoms with Crippen molar-refractivity contribution in [3.8, 4) is 23.1 Å². The second-order valence-corrected chi connectivity index (χ2v) is 11.8. The normalized spacial score (nSPS) is 21.6. The highest BCUT2D eigenvalue weighted by Gasteiger charge is 2.38. The van der Waals surface area contributed by atoms with Crippen LogP contribution in [0.4, 0.5) is 0 Å². The minimum atomic E-state index is -0.285. The van der Waals surface area contributed by atoms with Gasteiger partial charge in [-0.2, -0.15) is 0 Å². The number of nitrogens with one attached hydrogen (secondary N) is 1. The van der Waals surface area contributed by atoms with E-state index in [-0.39, 0.29) is 16.4 Å². The molecule has 0 saturated carbocycles. The van der Waals surface area contributed by atoms with Gasteiger partial charge in [-0.15, -0.1) is 0 Å². The number of fused-ring (bicyclic) bond motifs is 1. The molecule has 0 aliphatic carbocycles. The molecule has 1 fully saturated rings. The highest BCUT2D eigenvalue weighted by atomic mass is 32.1. The molecule has 2 aliphatic heterocycles. The van der Waals surface area contributed by atoms with E-state index in [2.05, 4.69) is 16.8 Å². The van der Waals surface area contributed by atoms with Crippen molar-refractivity contribution in [3.05, 3.63) is 66.6 Å². The third-order valence-corrected chi connectivity index (χ3v) is 8.93. The summed E-state index contributed by atoms with van der Waals surface area (Å²) in [5, 5.41) is 20.3. The summed E-state index contributed by atoms with van der Waals surface area (Å²) >= 11 is 1.03. The van der Waals surface area contributed by atoms with Crippen LogP contribution >= 0.6 is 11.3 Å². The van der Waals surface area contributed by atoms with Gasteiger partial charge >= 0.3 is 4.87 Å². The van der Waals surface area contributed by atoms with Crippen molar-refractivity contribution in [3.63, 3.8) is 0 Å². The lowest BCUT2D eigenvalue weighted by molar-refractivity contribution is 0.0147. The van der Waals surface area contributed by atoms with Gasteiger partial charge in [0, 0.05) is 24.6 Å². The number of nitrogens with zero attached hydrogens (tertiary/aromatic N) is 1. The Kier molecular flexibility index (Phi) is 6.98. The maximum Gasteiger partial charge on any atom is 0.307 e. The molecule has 198 valence electrons. The Balaban J connectivity index is 1.20. The SMILES string of the molecule is Cc1c(C)c2c(c(C)c1O)CCC(C)(CN1CCC[C@@H]1COc1ccc(Cc3sc(=O)[nH]c3O)cc1)O2. The number of hydrogen-bond donors (Lipinski definition) is 3. The number of likely N-dealkylation sites (tertiary alicyclic amines) is 1. The molecule has 8 heteroatoms. The van der Waals surface area contributed by atoms with E-state index in [1.165, 1.54) is 0 Å².